The van der Waals surface area contributed by atoms with Gasteiger partial charge >= 0.3 is 0 Å². The Balaban J connectivity index is 1.28. The Kier molecular flexibility index (Phi) is 6.15. The molecule has 0 spiro atoms. The maximum Gasteiger partial charge on any atom is -0.00137 e. The zero-order valence-electron chi connectivity index (χ0n) is 29.5. The number of hydrogen-bond donors (Lipinski definition) is 0. The van der Waals surface area contributed by atoms with Crippen LogP contribution in [0.5, 0.6) is 0 Å². The van der Waals surface area contributed by atoms with Crippen LogP contribution in [0, 0.1) is 0 Å². The first-order chi connectivity index (χ1) is 26.8. The third-order valence-corrected chi connectivity index (χ3v) is 12.0. The summed E-state index contributed by atoms with van der Waals surface area (Å²) in [5.74, 6) is 0. The molecule has 0 radical (unpaired) electrons. The van der Waals surface area contributed by atoms with E-state index < -0.39 is 0 Å². The number of benzene rings is 12. The van der Waals surface area contributed by atoms with Gasteiger partial charge in [-0.25, -0.2) is 0 Å². The van der Waals surface area contributed by atoms with Crippen molar-refractivity contribution in [2.75, 3.05) is 0 Å². The summed E-state index contributed by atoms with van der Waals surface area (Å²) in [5.41, 5.74) is 5.09. The van der Waals surface area contributed by atoms with Gasteiger partial charge in [0.2, 0.25) is 0 Å². The molecule has 0 fully saturated rings. The van der Waals surface area contributed by atoms with Crippen LogP contribution in [0.3, 0.4) is 0 Å². The minimum atomic E-state index is 1.26. The monoisotopic (exact) mass is 680 g/mol. The topological polar surface area (TPSA) is 0 Å². The summed E-state index contributed by atoms with van der Waals surface area (Å²) in [6.45, 7) is 0. The molecule has 0 aliphatic heterocycles. The van der Waals surface area contributed by atoms with Gasteiger partial charge in [-0.1, -0.05) is 170 Å². The molecule has 12 rings (SSSR count). The van der Waals surface area contributed by atoms with Crippen molar-refractivity contribution in [2.45, 2.75) is 0 Å². The van der Waals surface area contributed by atoms with Gasteiger partial charge in [-0.3, -0.25) is 0 Å². The van der Waals surface area contributed by atoms with Gasteiger partial charge < -0.3 is 0 Å². The molecule has 0 unspecified atom stereocenters. The van der Waals surface area contributed by atoms with E-state index in [-0.39, 0.29) is 0 Å². The van der Waals surface area contributed by atoms with Crippen molar-refractivity contribution in [1.29, 1.82) is 0 Å². The van der Waals surface area contributed by atoms with Crippen molar-refractivity contribution in [3.05, 3.63) is 194 Å². The molecule has 0 atom stereocenters. The molecule has 0 aliphatic carbocycles. The fraction of sp³-hybridized carbons (Fsp3) is 0. The Hall–Kier alpha value is -7.02. The van der Waals surface area contributed by atoms with Crippen molar-refractivity contribution < 1.29 is 0 Å². The molecule has 0 N–H and O–H groups in total. The maximum atomic E-state index is 2.50. The van der Waals surface area contributed by atoms with Crippen molar-refractivity contribution in [1.82, 2.24) is 0 Å². The summed E-state index contributed by atoms with van der Waals surface area (Å²) < 4.78 is 0. The van der Waals surface area contributed by atoms with Crippen LogP contribution < -0.4 is 0 Å². The normalized spacial score (nSPS) is 12.1. The fourth-order valence-corrected chi connectivity index (χ4v) is 9.67. The minimum absolute atomic E-state index is 1.26. The Morgan fingerprint density at radius 3 is 0.778 bits per heavy atom. The summed E-state index contributed by atoms with van der Waals surface area (Å²) in [4.78, 5) is 0. The summed E-state index contributed by atoms with van der Waals surface area (Å²) in [5, 5.41) is 23.1. The minimum Gasteiger partial charge on any atom is -0.0616 e. The lowest BCUT2D eigenvalue weighted by Gasteiger charge is -2.20. The zero-order valence-corrected chi connectivity index (χ0v) is 29.5. The Labute approximate surface area is 312 Å². The van der Waals surface area contributed by atoms with Crippen LogP contribution in [0.4, 0.5) is 0 Å². The summed E-state index contributed by atoms with van der Waals surface area (Å²) in [7, 11) is 0. The molecule has 0 heteroatoms. The predicted molar refractivity (Wildman–Crippen MR) is 235 cm³/mol. The van der Waals surface area contributed by atoms with Gasteiger partial charge in [0.1, 0.15) is 0 Å². The van der Waals surface area contributed by atoms with Gasteiger partial charge in [0.15, 0.2) is 0 Å². The van der Waals surface area contributed by atoms with Gasteiger partial charge in [-0.15, -0.1) is 0 Å². The van der Waals surface area contributed by atoms with Gasteiger partial charge in [0, 0.05) is 0 Å². The fourth-order valence-electron chi connectivity index (χ4n) is 9.67. The summed E-state index contributed by atoms with van der Waals surface area (Å²) >= 11 is 0. The average molecular weight is 681 g/mol. The number of fused-ring (bicyclic) bond motifs is 16. The summed E-state index contributed by atoms with van der Waals surface area (Å²) in [6, 6.07) is 72.4. The van der Waals surface area contributed by atoms with Gasteiger partial charge in [0.05, 0.1) is 0 Å². The SMILES string of the molecule is c1ccc2c(c1)cc(-c1cc3c4ccccc4c4cc(-c5cc6ccccc6c6ccccc56)c5ccccc5c4c3c3ccccc13)c1ccccc12. The molecule has 54 heavy (non-hydrogen) atoms. The third kappa shape index (κ3) is 4.08. The Morgan fingerprint density at radius 1 is 0.167 bits per heavy atom. The third-order valence-electron chi connectivity index (χ3n) is 12.0. The second-order valence-corrected chi connectivity index (χ2v) is 14.7. The number of rotatable bonds is 2. The molecule has 0 nitrogen and oxygen atoms in total. The van der Waals surface area contributed by atoms with Gasteiger partial charge in [-0.2, -0.15) is 0 Å². The van der Waals surface area contributed by atoms with E-state index in [9.17, 15) is 0 Å². The largest absolute Gasteiger partial charge is 0.0616 e. The van der Waals surface area contributed by atoms with E-state index in [0.29, 0.717) is 0 Å². The van der Waals surface area contributed by atoms with Crippen LogP contribution in [0.15, 0.2) is 194 Å². The van der Waals surface area contributed by atoms with Crippen LogP contribution in [0.25, 0.3) is 119 Å². The molecule has 0 amide bonds. The van der Waals surface area contributed by atoms with Crippen molar-refractivity contribution in [2.24, 2.45) is 0 Å². The zero-order chi connectivity index (χ0) is 35.3. The Bertz CT molecular complexity index is 3310. The maximum absolute atomic E-state index is 2.50. The number of hydrogen-bond acceptors (Lipinski definition) is 0. The van der Waals surface area contributed by atoms with Crippen molar-refractivity contribution >= 4 is 97.0 Å². The standard InChI is InChI=1S/C54H32/c1-3-17-35-33(15-1)29-47(39-21-7-5-19-37(35)39)49-31-51-41-23-9-10-24-42(41)52-32-50(48-30-34-16-2-4-18-36(34)38-20-6-8-22-40(38)48)44-26-12-14-28-46(44)54(52)53(51)45-27-13-11-25-43(45)49/h1-32H. The first-order valence-corrected chi connectivity index (χ1v) is 18.9. The molecule has 0 aliphatic rings. The van der Waals surface area contributed by atoms with E-state index in [4.69, 9.17) is 0 Å². The lowest BCUT2D eigenvalue weighted by atomic mass is 9.82. The molecular formula is C54H32. The molecule has 0 bridgehead atoms. The van der Waals surface area contributed by atoms with E-state index in [1.54, 1.807) is 0 Å². The molecular weight excluding hydrogens is 649 g/mol. The van der Waals surface area contributed by atoms with Crippen LogP contribution in [0.2, 0.25) is 0 Å². The molecule has 0 saturated heterocycles. The van der Waals surface area contributed by atoms with E-state index in [1.165, 1.54) is 119 Å². The van der Waals surface area contributed by atoms with E-state index >= 15 is 0 Å². The van der Waals surface area contributed by atoms with Gasteiger partial charge in [-0.05, 0) is 143 Å². The lowest BCUT2D eigenvalue weighted by Crippen LogP contribution is -1.92. The summed E-state index contributed by atoms with van der Waals surface area (Å²) in [6.07, 6.45) is 0. The van der Waals surface area contributed by atoms with Crippen molar-refractivity contribution in [3.8, 4) is 22.3 Å². The molecule has 12 aromatic carbocycles. The molecule has 12 aromatic rings. The highest BCUT2D eigenvalue weighted by molar-refractivity contribution is 6.39. The highest BCUT2D eigenvalue weighted by Crippen LogP contribution is 2.49. The second-order valence-electron chi connectivity index (χ2n) is 14.7. The van der Waals surface area contributed by atoms with Crippen LogP contribution >= 0.6 is 0 Å². The molecule has 248 valence electrons. The quantitative estimate of drug-likeness (QED) is 0.159. The highest BCUT2D eigenvalue weighted by Gasteiger charge is 2.21. The smallest absolute Gasteiger partial charge is 0.00137 e. The van der Waals surface area contributed by atoms with E-state index in [2.05, 4.69) is 194 Å². The first kappa shape index (κ1) is 29.5. The molecule has 0 saturated carbocycles. The molecule has 0 heterocycles. The van der Waals surface area contributed by atoms with E-state index in [0.717, 1.165) is 0 Å². The van der Waals surface area contributed by atoms with Crippen LogP contribution in [0.1, 0.15) is 0 Å². The van der Waals surface area contributed by atoms with Crippen molar-refractivity contribution in [3.63, 3.8) is 0 Å². The van der Waals surface area contributed by atoms with Crippen LogP contribution in [-0.2, 0) is 0 Å². The van der Waals surface area contributed by atoms with Gasteiger partial charge in [0.25, 0.3) is 0 Å². The van der Waals surface area contributed by atoms with E-state index in [1.807, 2.05) is 0 Å². The molecule has 0 aromatic heterocycles. The highest BCUT2D eigenvalue weighted by atomic mass is 14.2. The average Bonchev–Trinajstić information content (AvgIpc) is 3.25. The second kappa shape index (κ2) is 11.2. The predicted octanol–water partition coefficient (Wildman–Crippen LogP) is 15.4. The first-order valence-electron chi connectivity index (χ1n) is 18.9. The Morgan fingerprint density at radius 2 is 0.407 bits per heavy atom. The lowest BCUT2D eigenvalue weighted by molar-refractivity contribution is 1.72. The van der Waals surface area contributed by atoms with Crippen LogP contribution in [-0.4, -0.2) is 0 Å².